The zero-order valence-electron chi connectivity index (χ0n) is 26.1. The molecule has 0 saturated heterocycles. The summed E-state index contributed by atoms with van der Waals surface area (Å²) >= 11 is 0. The minimum absolute atomic E-state index is 0.00282. The number of nitrogens with one attached hydrogen (secondary N) is 2. The van der Waals surface area contributed by atoms with Gasteiger partial charge in [0.05, 0.1) is 30.7 Å². The number of nitrogens with zero attached hydrogens (tertiary/aromatic N) is 6. The summed E-state index contributed by atoms with van der Waals surface area (Å²) in [4.78, 5) is 19.8. The smallest absolute Gasteiger partial charge is 0.390 e. The number of pyridine rings is 1. The van der Waals surface area contributed by atoms with Crippen molar-refractivity contribution < 1.29 is 23.1 Å². The third kappa shape index (κ3) is 6.84. The molecule has 4 aromatic rings. The molecule has 1 atom stereocenters. The van der Waals surface area contributed by atoms with Crippen molar-refractivity contribution in [1.29, 1.82) is 5.26 Å². The number of carbonyl (C=O) groups excluding carboxylic acids is 1. The summed E-state index contributed by atoms with van der Waals surface area (Å²) in [5.74, 6) is 0.438. The van der Waals surface area contributed by atoms with Crippen molar-refractivity contribution in [3.05, 3.63) is 76.6 Å². The number of halogens is 3. The van der Waals surface area contributed by atoms with Gasteiger partial charge in [-0.05, 0) is 66.3 Å². The van der Waals surface area contributed by atoms with Gasteiger partial charge < -0.3 is 20.3 Å². The van der Waals surface area contributed by atoms with E-state index in [1.807, 2.05) is 38.2 Å². The lowest BCUT2D eigenvalue weighted by molar-refractivity contribution is -0.138. The minimum Gasteiger partial charge on any atom is -0.390 e. The van der Waals surface area contributed by atoms with Gasteiger partial charge in [0.1, 0.15) is 18.0 Å². The van der Waals surface area contributed by atoms with Gasteiger partial charge in [-0.1, -0.05) is 36.6 Å². The molecule has 244 valence electrons. The lowest BCUT2D eigenvalue weighted by atomic mass is 9.97. The quantitative estimate of drug-likeness (QED) is 0.199. The summed E-state index contributed by atoms with van der Waals surface area (Å²) in [6, 6.07) is 14.1. The second kappa shape index (κ2) is 13.1. The van der Waals surface area contributed by atoms with E-state index in [9.17, 15) is 23.1 Å². The predicted molar refractivity (Wildman–Crippen MR) is 170 cm³/mol. The molecule has 1 amide bonds. The van der Waals surface area contributed by atoms with Crippen LogP contribution in [0.4, 0.5) is 24.8 Å². The predicted octanol–water partition coefficient (Wildman–Crippen LogP) is 5.75. The Morgan fingerprint density at radius 2 is 1.89 bits per heavy atom. The van der Waals surface area contributed by atoms with Crippen LogP contribution in [0.2, 0.25) is 0 Å². The number of benzene rings is 2. The van der Waals surface area contributed by atoms with Gasteiger partial charge in [0, 0.05) is 37.3 Å². The average Bonchev–Trinajstić information content (AvgIpc) is 3.79. The van der Waals surface area contributed by atoms with E-state index in [1.54, 1.807) is 29.1 Å². The Kier molecular flexibility index (Phi) is 8.98. The molecular formula is C34H35F3N8O2. The van der Waals surface area contributed by atoms with Crippen LogP contribution in [0.15, 0.2) is 48.8 Å². The van der Waals surface area contributed by atoms with Gasteiger partial charge in [-0.15, -0.1) is 10.2 Å². The summed E-state index contributed by atoms with van der Waals surface area (Å²) in [5, 5.41) is 33.9. The summed E-state index contributed by atoms with van der Waals surface area (Å²) < 4.78 is 45.0. The second-order valence-corrected chi connectivity index (χ2v) is 12.2. The molecule has 0 bridgehead atoms. The molecule has 3 heterocycles. The Bertz CT molecular complexity index is 1840. The SMILES string of the molecule is Cc1ccc(-c2nncn2C)c(-c2cc(NC[C@@H](O)CC#N)nc(N3Cc4c(cc(CNC5CCCC5)cc4C(F)(F)F)C3=O)c2)c1. The first-order valence-electron chi connectivity index (χ1n) is 15.6. The highest BCUT2D eigenvalue weighted by atomic mass is 19.4. The van der Waals surface area contributed by atoms with E-state index in [1.165, 1.54) is 4.90 Å². The number of aromatic nitrogens is 4. The van der Waals surface area contributed by atoms with E-state index < -0.39 is 23.8 Å². The van der Waals surface area contributed by atoms with Crippen LogP contribution in [0.3, 0.4) is 0 Å². The molecule has 2 aliphatic rings. The second-order valence-electron chi connectivity index (χ2n) is 12.2. The van der Waals surface area contributed by atoms with E-state index in [0.29, 0.717) is 17.0 Å². The molecular weight excluding hydrogens is 609 g/mol. The molecule has 13 heteroatoms. The molecule has 1 saturated carbocycles. The molecule has 0 spiro atoms. The van der Waals surface area contributed by atoms with Gasteiger partial charge in [0.25, 0.3) is 5.91 Å². The third-order valence-electron chi connectivity index (χ3n) is 8.73. The Hall–Kier alpha value is -4.80. The highest BCUT2D eigenvalue weighted by Crippen LogP contribution is 2.41. The Morgan fingerprint density at radius 1 is 1.11 bits per heavy atom. The summed E-state index contributed by atoms with van der Waals surface area (Å²) in [7, 11) is 1.82. The fourth-order valence-corrected chi connectivity index (χ4v) is 6.32. The van der Waals surface area contributed by atoms with E-state index in [4.69, 9.17) is 5.26 Å². The van der Waals surface area contributed by atoms with Gasteiger partial charge in [-0.25, -0.2) is 4.98 Å². The standard InChI is InChI=1S/C34H35F3N8O2/c1-20-7-8-25(32-43-41-19-44(32)2)26(11-20)22-14-30(40-17-24(46)9-10-38)42-31(15-22)45-18-28-27(33(45)47)12-21(13-29(28)34(35,36)37)16-39-23-5-3-4-6-23/h7-8,11-15,19,23-24,39,46H,3-6,9,16-18H2,1-2H3,(H,40,42)/t24-/m0/s1. The molecule has 1 aliphatic heterocycles. The fraction of sp³-hybridized carbons (Fsp3) is 0.382. The number of aliphatic hydroxyl groups is 1. The van der Waals surface area contributed by atoms with Crippen molar-refractivity contribution in [1.82, 2.24) is 25.1 Å². The number of hydrogen-bond donors (Lipinski definition) is 3. The van der Waals surface area contributed by atoms with Crippen molar-refractivity contribution in [2.75, 3.05) is 16.8 Å². The van der Waals surface area contributed by atoms with Gasteiger partial charge in [0.2, 0.25) is 0 Å². The van der Waals surface area contributed by atoms with Crippen molar-refractivity contribution >= 4 is 17.5 Å². The molecule has 1 aliphatic carbocycles. The normalized spacial score (nSPS) is 15.6. The molecule has 47 heavy (non-hydrogen) atoms. The first-order valence-corrected chi connectivity index (χ1v) is 15.6. The topological polar surface area (TPSA) is 132 Å². The van der Waals surface area contributed by atoms with E-state index >= 15 is 0 Å². The van der Waals surface area contributed by atoms with Crippen molar-refractivity contribution in [3.63, 3.8) is 0 Å². The number of hydrogen-bond acceptors (Lipinski definition) is 8. The van der Waals surface area contributed by atoms with Crippen molar-refractivity contribution in [3.8, 4) is 28.6 Å². The number of rotatable bonds is 10. The minimum atomic E-state index is -4.66. The van der Waals surface area contributed by atoms with Crippen LogP contribution >= 0.6 is 0 Å². The molecule has 0 radical (unpaired) electrons. The molecule has 6 rings (SSSR count). The first kappa shape index (κ1) is 32.2. The summed E-state index contributed by atoms with van der Waals surface area (Å²) in [6.07, 6.45) is -0.0235. The summed E-state index contributed by atoms with van der Waals surface area (Å²) in [5.41, 5.74) is 2.55. The molecule has 1 fully saturated rings. The van der Waals surface area contributed by atoms with Crippen LogP contribution in [0.25, 0.3) is 22.5 Å². The van der Waals surface area contributed by atoms with E-state index in [2.05, 4.69) is 25.8 Å². The van der Waals surface area contributed by atoms with Crippen LogP contribution in [0.5, 0.6) is 0 Å². The van der Waals surface area contributed by atoms with Crippen LogP contribution < -0.4 is 15.5 Å². The van der Waals surface area contributed by atoms with E-state index in [0.717, 1.165) is 48.4 Å². The van der Waals surface area contributed by atoms with Crippen molar-refractivity contribution in [2.45, 2.75) is 70.4 Å². The first-order chi connectivity index (χ1) is 22.5. The van der Waals surface area contributed by atoms with Gasteiger partial charge in [0.15, 0.2) is 5.82 Å². The number of aliphatic hydroxyl groups excluding tert-OH is 1. The number of carbonyl (C=O) groups is 1. The largest absolute Gasteiger partial charge is 0.416 e. The number of aryl methyl sites for hydroxylation is 2. The zero-order valence-corrected chi connectivity index (χ0v) is 26.1. The maximum atomic E-state index is 14.4. The monoisotopic (exact) mass is 644 g/mol. The average molecular weight is 645 g/mol. The highest BCUT2D eigenvalue weighted by molar-refractivity contribution is 6.10. The van der Waals surface area contributed by atoms with Gasteiger partial charge in [-0.2, -0.15) is 18.4 Å². The number of fused-ring (bicyclic) bond motifs is 1. The molecule has 10 nitrogen and oxygen atoms in total. The fourth-order valence-electron chi connectivity index (χ4n) is 6.32. The van der Waals surface area contributed by atoms with Crippen molar-refractivity contribution in [2.24, 2.45) is 7.05 Å². The lowest BCUT2D eigenvalue weighted by Crippen LogP contribution is -2.26. The Morgan fingerprint density at radius 3 is 2.60 bits per heavy atom. The molecule has 0 unspecified atom stereocenters. The number of alkyl halides is 3. The van der Waals surface area contributed by atoms with Gasteiger partial charge >= 0.3 is 6.18 Å². The number of amides is 1. The zero-order chi connectivity index (χ0) is 33.3. The van der Waals surface area contributed by atoms with Crippen LogP contribution in [0, 0.1) is 18.3 Å². The number of nitriles is 1. The van der Waals surface area contributed by atoms with Crippen LogP contribution in [-0.2, 0) is 26.3 Å². The maximum Gasteiger partial charge on any atom is 0.416 e. The Balaban J connectivity index is 1.42. The van der Waals surface area contributed by atoms with Crippen LogP contribution in [-0.4, -0.2) is 49.5 Å². The Labute approximate surface area is 270 Å². The molecule has 3 N–H and O–H groups in total. The van der Waals surface area contributed by atoms with Crippen LogP contribution in [0.1, 0.15) is 64.7 Å². The molecule has 2 aromatic heterocycles. The lowest BCUT2D eigenvalue weighted by Gasteiger charge is -2.20. The maximum absolute atomic E-state index is 14.4. The van der Waals surface area contributed by atoms with E-state index in [-0.39, 0.29) is 54.9 Å². The highest BCUT2D eigenvalue weighted by Gasteiger charge is 2.41. The third-order valence-corrected chi connectivity index (χ3v) is 8.73. The molecule has 2 aromatic carbocycles. The number of anilines is 2. The summed E-state index contributed by atoms with van der Waals surface area (Å²) in [6.45, 7) is 1.86. The van der Waals surface area contributed by atoms with Gasteiger partial charge in [-0.3, -0.25) is 9.69 Å².